The molecular weight excluding hydrogens is 624 g/mol. The van der Waals surface area contributed by atoms with Crippen molar-refractivity contribution in [1.82, 2.24) is 25.3 Å². The van der Waals surface area contributed by atoms with E-state index >= 15 is 4.39 Å². The molecule has 0 spiro atoms. The van der Waals surface area contributed by atoms with Gasteiger partial charge in [0, 0.05) is 49.3 Å². The number of anilines is 1. The van der Waals surface area contributed by atoms with Gasteiger partial charge in [-0.25, -0.2) is 28.7 Å². The number of ether oxygens (including phenoxy) is 3. The molecule has 15 nitrogen and oxygen atoms in total. The fraction of sp³-hybridized carbons (Fsp3) is 0.552. The summed E-state index contributed by atoms with van der Waals surface area (Å²) >= 11 is 0. The Balaban J connectivity index is 1.59. The molecule has 250 valence electrons. The highest BCUT2D eigenvalue weighted by Crippen LogP contribution is 2.54. The van der Waals surface area contributed by atoms with E-state index in [-0.39, 0.29) is 49.1 Å². The molecule has 3 aromatic rings. The number of nitrogens with zero attached hydrogens (tertiary/aromatic N) is 4. The van der Waals surface area contributed by atoms with Crippen LogP contribution in [-0.4, -0.2) is 79.3 Å². The van der Waals surface area contributed by atoms with Gasteiger partial charge in [-0.05, 0) is 39.7 Å². The molecule has 2 aromatic heterocycles. The van der Waals surface area contributed by atoms with Crippen molar-refractivity contribution in [1.29, 1.82) is 5.26 Å². The Hall–Kier alpha value is -3.55. The number of phosphoric ester groups is 1. The predicted octanol–water partition coefficient (Wildman–Crippen LogP) is 5.12. The lowest BCUT2D eigenvalue weighted by Crippen LogP contribution is -2.28. The molecule has 0 saturated carbocycles. The zero-order chi connectivity index (χ0) is 33.2. The monoisotopic (exact) mass is 663 g/mol. The van der Waals surface area contributed by atoms with Crippen molar-refractivity contribution in [3.05, 3.63) is 35.7 Å². The largest absolute Gasteiger partial charge is 0.475 e. The minimum atomic E-state index is -4.19. The van der Waals surface area contributed by atoms with E-state index in [1.54, 1.807) is 33.9 Å². The highest BCUT2D eigenvalue weighted by molar-refractivity contribution is 7.48. The summed E-state index contributed by atoms with van der Waals surface area (Å²) in [6, 6.07) is 3.03. The number of halogens is 1. The normalized spacial score (nSPS) is 16.3. The Bertz CT molecular complexity index is 1560. The number of urea groups is 1. The highest BCUT2D eigenvalue weighted by atomic mass is 31.2. The summed E-state index contributed by atoms with van der Waals surface area (Å²) in [4.78, 5) is 28.4. The average Bonchev–Trinajstić information content (AvgIpc) is 3.69. The Labute approximate surface area is 266 Å². The van der Waals surface area contributed by atoms with Gasteiger partial charge in [-0.15, -0.1) is 0 Å². The van der Waals surface area contributed by atoms with Crippen LogP contribution in [0.5, 0.6) is 0 Å². The van der Waals surface area contributed by atoms with Crippen LogP contribution in [0.3, 0.4) is 0 Å². The molecule has 1 aliphatic heterocycles. The molecule has 1 aliphatic rings. The molecule has 2 amide bonds. The van der Waals surface area contributed by atoms with Crippen molar-refractivity contribution in [2.75, 3.05) is 58.6 Å². The summed E-state index contributed by atoms with van der Waals surface area (Å²) in [6.07, 6.45) is 3.68. The van der Waals surface area contributed by atoms with Gasteiger partial charge in [0.05, 0.1) is 62.7 Å². The lowest BCUT2D eigenvalue weighted by molar-refractivity contribution is 0.00738. The van der Waals surface area contributed by atoms with Crippen LogP contribution in [0, 0.1) is 17.1 Å². The van der Waals surface area contributed by atoms with Gasteiger partial charge in [-0.2, -0.15) is 5.26 Å². The summed E-state index contributed by atoms with van der Waals surface area (Å²) in [7, 11) is -2.64. The number of amides is 2. The molecular formula is C29H39FN7O8P. The highest BCUT2D eigenvalue weighted by Gasteiger charge is 2.38. The van der Waals surface area contributed by atoms with Gasteiger partial charge in [0.1, 0.15) is 11.4 Å². The van der Waals surface area contributed by atoms with Crippen LogP contribution in [0.15, 0.2) is 18.5 Å². The SMILES string of the molecule is CCNC(=O)Nc1nc2c([C@H]3CCCO3)c(F)c(-c3cnc(C(C)(C)OP(=O)(OCCC#N)OCCOCCOC)nc3)cc2[nH]1. The minimum absolute atomic E-state index is 0.0315. The molecule has 17 heteroatoms. The Kier molecular flexibility index (Phi) is 12.5. The summed E-state index contributed by atoms with van der Waals surface area (Å²) in [5.41, 5.74) is 0.273. The average molecular weight is 664 g/mol. The molecule has 46 heavy (non-hydrogen) atoms. The number of aromatic nitrogens is 4. The zero-order valence-corrected chi connectivity index (χ0v) is 27.2. The van der Waals surface area contributed by atoms with Crippen LogP contribution >= 0.6 is 7.82 Å². The Morgan fingerprint density at radius 3 is 2.63 bits per heavy atom. The quantitative estimate of drug-likeness (QED) is 0.128. The lowest BCUT2D eigenvalue weighted by Gasteiger charge is -2.28. The number of rotatable bonds is 17. The number of methoxy groups -OCH3 is 1. The second-order valence-electron chi connectivity index (χ2n) is 10.6. The zero-order valence-electron chi connectivity index (χ0n) is 26.3. The molecule has 1 fully saturated rings. The second-order valence-corrected chi connectivity index (χ2v) is 12.2. The van der Waals surface area contributed by atoms with Crippen LogP contribution in [-0.2, 0) is 37.9 Å². The summed E-state index contributed by atoms with van der Waals surface area (Å²) < 4.78 is 62.4. The number of H-pyrrole nitrogens is 1. The van der Waals surface area contributed by atoms with Crippen LogP contribution in [0.2, 0.25) is 0 Å². The van der Waals surface area contributed by atoms with Gasteiger partial charge in [0.15, 0.2) is 5.82 Å². The first-order valence-electron chi connectivity index (χ1n) is 14.9. The molecule has 1 saturated heterocycles. The fourth-order valence-corrected chi connectivity index (χ4v) is 6.11. The molecule has 0 bridgehead atoms. The maximum absolute atomic E-state index is 16.2. The number of phosphoric acid groups is 1. The van der Waals surface area contributed by atoms with E-state index in [4.69, 9.17) is 33.0 Å². The predicted molar refractivity (Wildman–Crippen MR) is 164 cm³/mol. The number of hydrogen-bond acceptors (Lipinski definition) is 12. The van der Waals surface area contributed by atoms with E-state index in [9.17, 15) is 9.36 Å². The van der Waals surface area contributed by atoms with Gasteiger partial charge in [0.25, 0.3) is 0 Å². The third kappa shape index (κ3) is 9.04. The molecule has 3 heterocycles. The van der Waals surface area contributed by atoms with Crippen LogP contribution in [0.1, 0.15) is 57.5 Å². The van der Waals surface area contributed by atoms with E-state index in [1.165, 1.54) is 12.4 Å². The molecule has 1 aromatic carbocycles. The molecule has 3 N–H and O–H groups in total. The summed E-state index contributed by atoms with van der Waals surface area (Å²) in [6.45, 7) is 6.39. The first-order valence-corrected chi connectivity index (χ1v) is 16.3. The number of nitriles is 1. The van der Waals surface area contributed by atoms with Crippen LogP contribution in [0.4, 0.5) is 15.1 Å². The van der Waals surface area contributed by atoms with Crippen LogP contribution in [0.25, 0.3) is 22.2 Å². The van der Waals surface area contributed by atoms with Gasteiger partial charge in [0.2, 0.25) is 5.95 Å². The molecule has 4 rings (SSSR count). The van der Waals surface area contributed by atoms with Crippen molar-refractivity contribution in [3.8, 4) is 17.2 Å². The number of nitrogens with one attached hydrogen (secondary N) is 3. The van der Waals surface area contributed by atoms with Crippen molar-refractivity contribution in [2.45, 2.75) is 51.7 Å². The van der Waals surface area contributed by atoms with Gasteiger partial charge in [-0.3, -0.25) is 18.9 Å². The van der Waals surface area contributed by atoms with E-state index in [0.717, 1.165) is 6.42 Å². The number of fused-ring (bicyclic) bond motifs is 1. The Morgan fingerprint density at radius 1 is 1.22 bits per heavy atom. The van der Waals surface area contributed by atoms with E-state index in [0.29, 0.717) is 49.4 Å². The number of carbonyl (C=O) groups excluding carboxylic acids is 1. The molecule has 2 atom stereocenters. The standard InChI is InChI=1S/C29H39FN7O8P/c1-5-32-28(38)37-27-35-21-16-20(24(30)23(25(21)36-27)22-8-6-10-42-22)19-17-33-26(34-18-19)29(2,3)45-46(39,43-11-7-9-31)44-15-14-41-13-12-40-4/h16-18,22H,5-8,10-15H2,1-4H3,(H3,32,35,36,37,38)/t22-,46?/m1/s1. The number of imidazole rings is 1. The third-order valence-corrected chi connectivity index (χ3v) is 8.46. The molecule has 0 radical (unpaired) electrons. The van der Waals surface area contributed by atoms with E-state index in [2.05, 4.69) is 30.6 Å². The van der Waals surface area contributed by atoms with Crippen molar-refractivity contribution in [2.24, 2.45) is 0 Å². The maximum Gasteiger partial charge on any atom is 0.475 e. The molecule has 1 unspecified atom stereocenters. The van der Waals surface area contributed by atoms with E-state index in [1.807, 2.05) is 6.07 Å². The fourth-order valence-electron chi connectivity index (χ4n) is 4.68. The van der Waals surface area contributed by atoms with Gasteiger partial charge in [-0.1, -0.05) is 0 Å². The number of benzene rings is 1. The molecule has 0 aliphatic carbocycles. The van der Waals surface area contributed by atoms with Crippen molar-refractivity contribution >= 4 is 30.8 Å². The summed E-state index contributed by atoms with van der Waals surface area (Å²) in [5, 5.41) is 14.1. The third-order valence-electron chi connectivity index (χ3n) is 6.78. The van der Waals surface area contributed by atoms with Crippen LogP contribution < -0.4 is 10.6 Å². The second kappa shape index (κ2) is 16.3. The topological polar surface area (TPSA) is 192 Å². The van der Waals surface area contributed by atoms with E-state index < -0.39 is 31.4 Å². The minimum Gasteiger partial charge on any atom is -0.382 e. The van der Waals surface area contributed by atoms with Crippen molar-refractivity contribution < 1.29 is 41.5 Å². The first-order chi connectivity index (χ1) is 22.1. The van der Waals surface area contributed by atoms with Gasteiger partial charge >= 0.3 is 13.9 Å². The smallest absolute Gasteiger partial charge is 0.382 e. The lowest BCUT2D eigenvalue weighted by atomic mass is 9.98. The maximum atomic E-state index is 16.2. The van der Waals surface area contributed by atoms with Gasteiger partial charge < -0.3 is 24.5 Å². The Morgan fingerprint density at radius 2 is 1.96 bits per heavy atom. The van der Waals surface area contributed by atoms with Crippen molar-refractivity contribution in [3.63, 3.8) is 0 Å². The first kappa shape index (κ1) is 35.3. The number of aromatic amines is 1. The number of hydrogen-bond donors (Lipinski definition) is 3. The summed E-state index contributed by atoms with van der Waals surface area (Å²) in [5.74, 6) is -0.262. The number of carbonyl (C=O) groups is 1.